The molecule has 0 aromatic heterocycles. The molecule has 0 amide bonds. The average molecular weight is 267 g/mol. The number of allylic oxidation sites excluding steroid dienone is 2. The molecule has 2 aliphatic heterocycles. The molecule has 0 spiro atoms. The van der Waals surface area contributed by atoms with E-state index in [9.17, 15) is 0 Å². The molecule has 1 aromatic rings. The fourth-order valence-corrected chi connectivity index (χ4v) is 2.29. The van der Waals surface area contributed by atoms with E-state index in [1.54, 1.807) is 11.8 Å². The lowest BCUT2D eigenvalue weighted by Crippen LogP contribution is -2.20. The van der Waals surface area contributed by atoms with E-state index >= 15 is 0 Å². The van der Waals surface area contributed by atoms with Crippen LogP contribution in [-0.4, -0.2) is 28.3 Å². The zero-order valence-corrected chi connectivity index (χ0v) is 11.1. The van der Waals surface area contributed by atoms with Gasteiger partial charge in [-0.05, 0) is 17.2 Å². The molecule has 5 heteroatoms. The van der Waals surface area contributed by atoms with Crippen LogP contribution in [0.4, 0.5) is 0 Å². The molecule has 0 fully saturated rings. The number of fused-ring (bicyclic) bond motifs is 1. The second-order valence-electron chi connectivity index (χ2n) is 4.52. The maximum Gasteiger partial charge on any atom is 0.113 e. The predicted molar refractivity (Wildman–Crippen MR) is 78.1 cm³/mol. The van der Waals surface area contributed by atoms with Crippen molar-refractivity contribution in [2.75, 3.05) is 7.05 Å². The maximum absolute atomic E-state index is 8.42. The highest BCUT2D eigenvalue weighted by atomic mass is 16.5. The van der Waals surface area contributed by atoms with Crippen molar-refractivity contribution in [2.24, 2.45) is 5.10 Å². The first-order valence-electron chi connectivity index (χ1n) is 6.28. The fraction of sp³-hybridized carbons (Fsp3) is 0.0667. The Kier molecular flexibility index (Phi) is 3.26. The van der Waals surface area contributed by atoms with Gasteiger partial charge < -0.3 is 9.80 Å². The molecular weight excluding hydrogens is 252 g/mol. The van der Waals surface area contributed by atoms with E-state index < -0.39 is 0 Å². The van der Waals surface area contributed by atoms with Crippen LogP contribution in [0.15, 0.2) is 59.6 Å². The van der Waals surface area contributed by atoms with Crippen molar-refractivity contribution in [3.63, 3.8) is 0 Å². The molecule has 1 aromatic carbocycles. The topological polar surface area (TPSA) is 51.1 Å². The Bertz CT molecular complexity index is 613. The van der Waals surface area contributed by atoms with Crippen LogP contribution in [0.25, 0.3) is 5.70 Å². The molecule has 0 bridgehead atoms. The largest absolute Gasteiger partial charge is 0.329 e. The van der Waals surface area contributed by atoms with E-state index in [-0.39, 0.29) is 0 Å². The highest BCUT2D eigenvalue weighted by molar-refractivity contribution is 5.80. The molecular formula is C15H15N4O. The first-order valence-corrected chi connectivity index (χ1v) is 6.28. The molecule has 20 heavy (non-hydrogen) atoms. The van der Waals surface area contributed by atoms with E-state index in [2.05, 4.69) is 34.2 Å². The van der Waals surface area contributed by atoms with Gasteiger partial charge in [0.15, 0.2) is 0 Å². The van der Waals surface area contributed by atoms with Gasteiger partial charge in [-0.1, -0.05) is 36.4 Å². The second kappa shape index (κ2) is 5.22. The van der Waals surface area contributed by atoms with Gasteiger partial charge in [-0.2, -0.15) is 10.7 Å². The molecule has 0 aliphatic carbocycles. The lowest BCUT2D eigenvalue weighted by atomic mass is 10.1. The van der Waals surface area contributed by atoms with Gasteiger partial charge in [-0.15, -0.1) is 0 Å². The van der Waals surface area contributed by atoms with Crippen molar-refractivity contribution in [3.05, 3.63) is 72.2 Å². The number of rotatable bonds is 3. The minimum absolute atomic E-state index is 0.918. The molecule has 3 rings (SSSR count). The van der Waals surface area contributed by atoms with Gasteiger partial charge in [0.25, 0.3) is 0 Å². The summed E-state index contributed by atoms with van der Waals surface area (Å²) in [6.45, 7) is 2.03. The molecule has 2 aliphatic rings. The summed E-state index contributed by atoms with van der Waals surface area (Å²) in [7, 11) is 2.05. The van der Waals surface area contributed by atoms with Crippen LogP contribution in [0.3, 0.4) is 0 Å². The zero-order valence-electron chi connectivity index (χ0n) is 11.1. The molecule has 0 saturated carbocycles. The van der Waals surface area contributed by atoms with Crippen LogP contribution in [0.1, 0.15) is 11.1 Å². The van der Waals surface area contributed by atoms with Gasteiger partial charge in [0.1, 0.15) is 5.82 Å². The normalized spacial score (nSPS) is 17.3. The van der Waals surface area contributed by atoms with Gasteiger partial charge in [0.05, 0.1) is 18.5 Å². The molecule has 101 valence electrons. The highest BCUT2D eigenvalue weighted by Crippen LogP contribution is 2.33. The summed E-state index contributed by atoms with van der Waals surface area (Å²) >= 11 is 0. The number of nitrogens with one attached hydrogen (secondary N) is 1. The van der Waals surface area contributed by atoms with E-state index in [4.69, 9.17) is 5.21 Å². The number of benzene rings is 1. The summed E-state index contributed by atoms with van der Waals surface area (Å²) < 4.78 is 0. The number of hydrazone groups is 1. The van der Waals surface area contributed by atoms with Gasteiger partial charge in [-0.25, -0.2) is 0 Å². The second-order valence-corrected chi connectivity index (χ2v) is 4.52. The maximum atomic E-state index is 8.42. The first kappa shape index (κ1) is 12.5. The number of hydrogen-bond acceptors (Lipinski definition) is 5. The van der Waals surface area contributed by atoms with E-state index in [0.717, 1.165) is 22.6 Å². The van der Waals surface area contributed by atoms with Crippen molar-refractivity contribution in [2.45, 2.75) is 0 Å². The summed E-state index contributed by atoms with van der Waals surface area (Å²) in [6.07, 6.45) is 9.78. The Hall–Kier alpha value is -2.53. The third-order valence-electron chi connectivity index (χ3n) is 3.31. The monoisotopic (exact) mass is 267 g/mol. The molecule has 2 heterocycles. The lowest BCUT2D eigenvalue weighted by Gasteiger charge is -2.23. The zero-order chi connectivity index (χ0) is 13.9. The van der Waals surface area contributed by atoms with Crippen molar-refractivity contribution in [1.29, 1.82) is 0 Å². The summed E-state index contributed by atoms with van der Waals surface area (Å²) in [6, 6.07) is 7.98. The quantitative estimate of drug-likeness (QED) is 0.650. The smallest absolute Gasteiger partial charge is 0.113 e. The van der Waals surface area contributed by atoms with Crippen LogP contribution in [0.5, 0.6) is 0 Å². The Morgan fingerprint density at radius 2 is 2.00 bits per heavy atom. The Morgan fingerprint density at radius 1 is 1.20 bits per heavy atom. The molecule has 5 nitrogen and oxygen atoms in total. The van der Waals surface area contributed by atoms with Gasteiger partial charge in [0, 0.05) is 13.2 Å². The highest BCUT2D eigenvalue weighted by Gasteiger charge is 2.24. The van der Waals surface area contributed by atoms with Crippen molar-refractivity contribution >= 4 is 11.9 Å². The Morgan fingerprint density at radius 3 is 2.70 bits per heavy atom. The van der Waals surface area contributed by atoms with Crippen molar-refractivity contribution in [1.82, 2.24) is 15.4 Å². The SMILES string of the molecule is CN1C(c2ccc(/C=N\NO)cc2)=CN2[CH]C=CC=C21. The van der Waals surface area contributed by atoms with Crippen LogP contribution < -0.4 is 5.59 Å². The van der Waals surface area contributed by atoms with Crippen LogP contribution in [-0.2, 0) is 0 Å². The van der Waals surface area contributed by atoms with E-state index in [0.29, 0.717) is 0 Å². The molecule has 2 N–H and O–H groups in total. The predicted octanol–water partition coefficient (Wildman–Crippen LogP) is 2.12. The summed E-state index contributed by atoms with van der Waals surface area (Å²) in [5.41, 5.74) is 4.94. The average Bonchev–Trinajstić information content (AvgIpc) is 2.83. The lowest BCUT2D eigenvalue weighted by molar-refractivity contribution is 0.173. The molecule has 0 saturated heterocycles. The first-order chi connectivity index (χ1) is 9.79. The van der Waals surface area contributed by atoms with E-state index in [1.807, 2.05) is 43.0 Å². The van der Waals surface area contributed by atoms with Gasteiger partial charge in [-0.3, -0.25) is 5.21 Å². The minimum atomic E-state index is 0.918. The molecule has 0 atom stereocenters. The van der Waals surface area contributed by atoms with Gasteiger partial charge in [0.2, 0.25) is 0 Å². The van der Waals surface area contributed by atoms with E-state index in [1.165, 1.54) is 0 Å². The summed E-state index contributed by atoms with van der Waals surface area (Å²) in [4.78, 5) is 4.25. The third-order valence-corrected chi connectivity index (χ3v) is 3.31. The fourth-order valence-electron chi connectivity index (χ4n) is 2.29. The Balaban J connectivity index is 1.85. The van der Waals surface area contributed by atoms with Crippen molar-refractivity contribution < 1.29 is 5.21 Å². The molecule has 0 unspecified atom stereocenters. The van der Waals surface area contributed by atoms with Gasteiger partial charge >= 0.3 is 0 Å². The third kappa shape index (κ3) is 2.19. The van der Waals surface area contributed by atoms with Crippen LogP contribution in [0, 0.1) is 6.54 Å². The van der Waals surface area contributed by atoms with Crippen LogP contribution in [0.2, 0.25) is 0 Å². The minimum Gasteiger partial charge on any atom is -0.329 e. The van der Waals surface area contributed by atoms with Crippen LogP contribution >= 0.6 is 0 Å². The summed E-state index contributed by atoms with van der Waals surface area (Å²) in [5.74, 6) is 1.14. The number of nitrogens with zero attached hydrogens (tertiary/aromatic N) is 3. The molecule has 1 radical (unpaired) electrons. The standard InChI is InChI=1S/C15H15N4O/c1-18-14(11-19-9-3-2-4-15(18)19)13-7-5-12(6-8-13)10-16-17-20/h2-11,17,20H,1H3/b16-10-. The number of hydrogen-bond donors (Lipinski definition) is 2. The van der Waals surface area contributed by atoms with Crippen molar-refractivity contribution in [3.8, 4) is 0 Å². The summed E-state index contributed by atoms with van der Waals surface area (Å²) in [5, 5.41) is 12.0. The Labute approximate surface area is 117 Å².